The van der Waals surface area contributed by atoms with Crippen LogP contribution in [0.5, 0.6) is 5.75 Å². The number of aliphatic imine (C=N–C) groups is 1. The number of nitrogens with zero attached hydrogens (tertiary/aromatic N) is 1. The van der Waals surface area contributed by atoms with Crippen molar-refractivity contribution in [3.8, 4) is 5.75 Å². The lowest BCUT2D eigenvalue weighted by Crippen LogP contribution is -2.42. The fourth-order valence-corrected chi connectivity index (χ4v) is 3.02. The highest BCUT2D eigenvalue weighted by atomic mass is 19.1. The summed E-state index contributed by atoms with van der Waals surface area (Å²) in [4.78, 5) is 16.1. The minimum atomic E-state index is -0.324. The number of fused-ring (bicyclic) bond motifs is 1. The minimum absolute atomic E-state index is 0.0203. The van der Waals surface area contributed by atoms with Crippen LogP contribution in [-0.4, -0.2) is 38.6 Å². The predicted molar refractivity (Wildman–Crippen MR) is 104 cm³/mol. The first kappa shape index (κ1) is 18.7. The number of ether oxygens (including phenoxy) is 1. The summed E-state index contributed by atoms with van der Waals surface area (Å²) >= 11 is 0. The van der Waals surface area contributed by atoms with Crippen molar-refractivity contribution in [1.82, 2.24) is 10.6 Å². The molecule has 27 heavy (non-hydrogen) atoms. The molecule has 0 aliphatic carbocycles. The molecule has 0 fully saturated rings. The van der Waals surface area contributed by atoms with E-state index in [2.05, 4.69) is 20.9 Å². The first-order chi connectivity index (χ1) is 13.2. The minimum Gasteiger partial charge on any atom is -0.492 e. The fourth-order valence-electron chi connectivity index (χ4n) is 3.02. The maximum Gasteiger partial charge on any atom is 0.225 e. The molecule has 142 valence electrons. The van der Waals surface area contributed by atoms with E-state index in [0.717, 1.165) is 11.3 Å². The van der Waals surface area contributed by atoms with Crippen LogP contribution < -0.4 is 20.7 Å². The van der Waals surface area contributed by atoms with Crippen molar-refractivity contribution in [1.29, 1.82) is 0 Å². The Morgan fingerprint density at radius 2 is 2.11 bits per heavy atom. The largest absolute Gasteiger partial charge is 0.492 e. The number of carbonyl (C=O) groups excluding carboxylic acids is 1. The molecule has 1 atom stereocenters. The molecule has 1 amide bonds. The molecule has 0 aromatic heterocycles. The van der Waals surface area contributed by atoms with Gasteiger partial charge in [0.1, 0.15) is 18.2 Å². The third-order valence-corrected chi connectivity index (χ3v) is 4.31. The number of nitrogens with one attached hydrogen (secondary N) is 3. The first-order valence-corrected chi connectivity index (χ1v) is 8.87. The molecule has 0 saturated heterocycles. The van der Waals surface area contributed by atoms with E-state index in [4.69, 9.17) is 4.74 Å². The summed E-state index contributed by atoms with van der Waals surface area (Å²) in [6.45, 7) is 1.48. The summed E-state index contributed by atoms with van der Waals surface area (Å²) in [6, 6.07) is 13.9. The number of anilines is 1. The molecule has 2 aromatic rings. The van der Waals surface area contributed by atoms with Crippen molar-refractivity contribution in [3.05, 3.63) is 59.9 Å². The number of benzene rings is 2. The molecule has 6 nitrogen and oxygen atoms in total. The van der Waals surface area contributed by atoms with Gasteiger partial charge in [0.2, 0.25) is 5.91 Å². The van der Waals surface area contributed by atoms with Crippen LogP contribution in [0.1, 0.15) is 17.9 Å². The first-order valence-electron chi connectivity index (χ1n) is 8.87. The summed E-state index contributed by atoms with van der Waals surface area (Å²) in [6.07, 6.45) is 0.434. The molecule has 0 bridgehead atoms. The standard InChI is InChI=1S/C20H23FN4O2/c1-22-20(23-9-10-27-16-6-4-5-15(21)12-16)24-13-14-11-19(26)25-18-8-3-2-7-17(14)18/h2-8,12,14H,9-11,13H2,1H3,(H,25,26)(H2,22,23,24). The lowest BCUT2D eigenvalue weighted by molar-refractivity contribution is -0.116. The summed E-state index contributed by atoms with van der Waals surface area (Å²) in [7, 11) is 1.68. The molecule has 1 heterocycles. The molecule has 3 N–H and O–H groups in total. The van der Waals surface area contributed by atoms with Gasteiger partial charge in [-0.2, -0.15) is 0 Å². The summed E-state index contributed by atoms with van der Waals surface area (Å²) in [5.41, 5.74) is 1.99. The van der Waals surface area contributed by atoms with Crippen LogP contribution in [0, 0.1) is 5.82 Å². The fraction of sp³-hybridized carbons (Fsp3) is 0.300. The van der Waals surface area contributed by atoms with Gasteiger partial charge in [0, 0.05) is 37.7 Å². The molecule has 0 radical (unpaired) electrons. The van der Waals surface area contributed by atoms with Crippen molar-refractivity contribution in [2.24, 2.45) is 4.99 Å². The van der Waals surface area contributed by atoms with Gasteiger partial charge >= 0.3 is 0 Å². The number of rotatable bonds is 6. The molecule has 7 heteroatoms. The smallest absolute Gasteiger partial charge is 0.225 e. The van der Waals surface area contributed by atoms with Gasteiger partial charge < -0.3 is 20.7 Å². The Hall–Kier alpha value is -3.09. The van der Waals surface area contributed by atoms with Gasteiger partial charge in [-0.25, -0.2) is 4.39 Å². The Balaban J connectivity index is 1.46. The van der Waals surface area contributed by atoms with Gasteiger partial charge in [0.25, 0.3) is 0 Å². The third kappa shape index (κ3) is 5.20. The molecule has 1 aliphatic rings. The topological polar surface area (TPSA) is 74.8 Å². The Bertz CT molecular complexity index is 825. The van der Waals surface area contributed by atoms with E-state index in [1.807, 2.05) is 24.3 Å². The van der Waals surface area contributed by atoms with E-state index in [1.165, 1.54) is 12.1 Å². The normalized spacial score (nSPS) is 16.3. The highest BCUT2D eigenvalue weighted by Crippen LogP contribution is 2.31. The Kier molecular flexibility index (Phi) is 6.25. The van der Waals surface area contributed by atoms with E-state index in [-0.39, 0.29) is 17.6 Å². The van der Waals surface area contributed by atoms with Gasteiger partial charge in [0.05, 0.1) is 6.54 Å². The van der Waals surface area contributed by atoms with Crippen molar-refractivity contribution < 1.29 is 13.9 Å². The molecular formula is C20H23FN4O2. The lowest BCUT2D eigenvalue weighted by Gasteiger charge is -2.26. The van der Waals surface area contributed by atoms with Gasteiger partial charge in [-0.05, 0) is 23.8 Å². The third-order valence-electron chi connectivity index (χ3n) is 4.31. The zero-order valence-electron chi connectivity index (χ0n) is 15.2. The van der Waals surface area contributed by atoms with Crippen LogP contribution in [0.3, 0.4) is 0 Å². The van der Waals surface area contributed by atoms with E-state index in [0.29, 0.717) is 37.8 Å². The van der Waals surface area contributed by atoms with Crippen LogP contribution >= 0.6 is 0 Å². The Morgan fingerprint density at radius 3 is 2.93 bits per heavy atom. The maximum absolute atomic E-state index is 13.1. The number of amides is 1. The monoisotopic (exact) mass is 370 g/mol. The Labute approximate surface area is 157 Å². The van der Waals surface area contributed by atoms with E-state index >= 15 is 0 Å². The molecule has 1 unspecified atom stereocenters. The maximum atomic E-state index is 13.1. The summed E-state index contributed by atoms with van der Waals surface area (Å²) in [5.74, 6) is 0.893. The second-order valence-electron chi connectivity index (χ2n) is 6.22. The molecule has 1 aliphatic heterocycles. The van der Waals surface area contributed by atoms with E-state index in [1.54, 1.807) is 19.2 Å². The van der Waals surface area contributed by atoms with Gasteiger partial charge in [0.15, 0.2) is 5.96 Å². The molecular weight excluding hydrogens is 347 g/mol. The summed E-state index contributed by atoms with van der Waals surface area (Å²) < 4.78 is 18.6. The zero-order valence-corrected chi connectivity index (χ0v) is 15.2. The van der Waals surface area contributed by atoms with Crippen molar-refractivity contribution in [2.75, 3.05) is 32.1 Å². The summed E-state index contributed by atoms with van der Waals surface area (Å²) in [5, 5.41) is 9.30. The second-order valence-corrected chi connectivity index (χ2v) is 6.22. The highest BCUT2D eigenvalue weighted by Gasteiger charge is 2.24. The number of para-hydroxylation sites is 1. The Morgan fingerprint density at radius 1 is 1.26 bits per heavy atom. The molecule has 0 spiro atoms. The lowest BCUT2D eigenvalue weighted by atomic mass is 9.90. The molecule has 0 saturated carbocycles. The second kappa shape index (κ2) is 9.02. The van der Waals surface area contributed by atoms with Gasteiger partial charge in [-0.3, -0.25) is 9.79 Å². The van der Waals surface area contributed by atoms with Crippen LogP contribution in [0.4, 0.5) is 10.1 Å². The molecule has 3 rings (SSSR count). The molecule has 2 aromatic carbocycles. The van der Waals surface area contributed by atoms with Crippen LogP contribution in [0.25, 0.3) is 0 Å². The average Bonchev–Trinajstić information content (AvgIpc) is 2.67. The van der Waals surface area contributed by atoms with Gasteiger partial charge in [-0.15, -0.1) is 0 Å². The van der Waals surface area contributed by atoms with Crippen LogP contribution in [0.15, 0.2) is 53.5 Å². The van der Waals surface area contributed by atoms with Crippen LogP contribution in [0.2, 0.25) is 0 Å². The number of hydrogen-bond acceptors (Lipinski definition) is 3. The SMILES string of the molecule is CN=C(NCCOc1cccc(F)c1)NCC1CC(=O)Nc2ccccc21. The van der Waals surface area contributed by atoms with Gasteiger partial charge in [-0.1, -0.05) is 24.3 Å². The van der Waals surface area contributed by atoms with E-state index in [9.17, 15) is 9.18 Å². The zero-order chi connectivity index (χ0) is 19.1. The number of hydrogen-bond donors (Lipinski definition) is 3. The quantitative estimate of drug-likeness (QED) is 0.415. The van der Waals surface area contributed by atoms with Crippen molar-refractivity contribution in [3.63, 3.8) is 0 Å². The van der Waals surface area contributed by atoms with Crippen LogP contribution in [-0.2, 0) is 4.79 Å². The highest BCUT2D eigenvalue weighted by molar-refractivity contribution is 5.94. The van der Waals surface area contributed by atoms with E-state index < -0.39 is 0 Å². The average molecular weight is 370 g/mol. The van der Waals surface area contributed by atoms with Crippen molar-refractivity contribution in [2.45, 2.75) is 12.3 Å². The number of carbonyl (C=O) groups is 1. The van der Waals surface area contributed by atoms with Crippen molar-refractivity contribution >= 4 is 17.6 Å². The number of halogens is 1. The number of guanidine groups is 1. The predicted octanol–water partition coefficient (Wildman–Crippen LogP) is 2.50.